The summed E-state index contributed by atoms with van der Waals surface area (Å²) in [6, 6.07) is 8.68. The Balaban J connectivity index is 1.56. The zero-order valence-corrected chi connectivity index (χ0v) is 23.7. The van der Waals surface area contributed by atoms with Crippen molar-refractivity contribution in [2.75, 3.05) is 61.1 Å². The summed E-state index contributed by atoms with van der Waals surface area (Å²) in [5, 5.41) is 6.99. The maximum Gasteiger partial charge on any atom is 0.350 e. The number of esters is 1. The third-order valence-electron chi connectivity index (χ3n) is 6.16. The van der Waals surface area contributed by atoms with Crippen molar-refractivity contribution in [3.8, 4) is 0 Å². The van der Waals surface area contributed by atoms with Gasteiger partial charge in [0.15, 0.2) is 15.0 Å². The van der Waals surface area contributed by atoms with Crippen LogP contribution in [0.4, 0.5) is 22.7 Å². The number of carbonyl (C=O) groups is 1. The number of anilines is 4. The number of likely N-dealkylation sites (N-methyl/N-ethyl adjacent to an activating group) is 1. The van der Waals surface area contributed by atoms with Crippen molar-refractivity contribution in [2.24, 2.45) is 0 Å². The lowest BCUT2D eigenvalue weighted by Gasteiger charge is -2.34. The van der Waals surface area contributed by atoms with Crippen molar-refractivity contribution < 1.29 is 17.9 Å². The van der Waals surface area contributed by atoms with E-state index in [0.29, 0.717) is 40.6 Å². The lowest BCUT2D eigenvalue weighted by molar-refractivity contribution is 0.0531. The summed E-state index contributed by atoms with van der Waals surface area (Å²) in [6.45, 7) is 11.0. The summed E-state index contributed by atoms with van der Waals surface area (Å²) >= 11 is 1.20. The maximum atomic E-state index is 12.2. The fraction of sp³-hybridized carbons (Fsp3) is 0.440. The molecule has 0 amide bonds. The van der Waals surface area contributed by atoms with Crippen LogP contribution in [0, 0.1) is 6.92 Å². The normalized spacial score (nSPS) is 14.4. The molecule has 1 fully saturated rings. The third kappa shape index (κ3) is 6.97. The zero-order chi connectivity index (χ0) is 27.3. The van der Waals surface area contributed by atoms with Crippen LogP contribution in [0.3, 0.4) is 0 Å². The van der Waals surface area contributed by atoms with Crippen LogP contribution >= 0.6 is 11.3 Å². The van der Waals surface area contributed by atoms with Gasteiger partial charge in [0.05, 0.1) is 17.2 Å². The fourth-order valence-electron chi connectivity index (χ4n) is 4.01. The molecule has 0 bridgehead atoms. The monoisotopic (exact) mass is 559 g/mol. The molecule has 1 aliphatic rings. The van der Waals surface area contributed by atoms with E-state index >= 15 is 0 Å². The molecular weight excluding hydrogens is 526 g/mol. The van der Waals surface area contributed by atoms with Crippen LogP contribution in [0.25, 0.3) is 0 Å². The van der Waals surface area contributed by atoms with Crippen LogP contribution in [0.1, 0.15) is 34.8 Å². The Morgan fingerprint density at radius 1 is 1.08 bits per heavy atom. The number of piperazine rings is 1. The van der Waals surface area contributed by atoms with E-state index in [1.54, 1.807) is 38.1 Å². The van der Waals surface area contributed by atoms with Gasteiger partial charge in [-0.2, -0.15) is 9.97 Å². The number of hydrogen-bond acceptors (Lipinski definition) is 12. The first kappa shape index (κ1) is 27.7. The first-order chi connectivity index (χ1) is 18.2. The molecule has 2 aromatic heterocycles. The number of aromatic nitrogens is 3. The largest absolute Gasteiger partial charge is 0.462 e. The molecule has 11 nitrogen and oxygen atoms in total. The highest BCUT2D eigenvalue weighted by atomic mass is 32.2. The van der Waals surface area contributed by atoms with Gasteiger partial charge in [0.2, 0.25) is 5.95 Å². The predicted octanol–water partition coefficient (Wildman–Crippen LogP) is 3.32. The van der Waals surface area contributed by atoms with E-state index in [4.69, 9.17) is 9.72 Å². The number of hydrogen-bond donors (Lipinski definition) is 2. The number of carbonyl (C=O) groups excluding carboxylic acids is 1. The first-order valence-corrected chi connectivity index (χ1v) is 15.2. The topological polar surface area (TPSA) is 130 Å². The van der Waals surface area contributed by atoms with Gasteiger partial charge in [-0.25, -0.2) is 18.2 Å². The highest BCUT2D eigenvalue weighted by molar-refractivity contribution is 7.90. The Bertz CT molecular complexity index is 1370. The van der Waals surface area contributed by atoms with Crippen LogP contribution in [0.2, 0.25) is 0 Å². The molecule has 0 aliphatic carbocycles. The van der Waals surface area contributed by atoms with Crippen molar-refractivity contribution in [3.63, 3.8) is 0 Å². The summed E-state index contributed by atoms with van der Waals surface area (Å²) in [5.74, 6) is 1.36. The predicted molar refractivity (Wildman–Crippen MR) is 149 cm³/mol. The standard InChI is InChI=1S/C25H33N7O4S2/c1-5-31-11-13-32(14-12-31)21-15-20(26-16-18-7-9-19(10-8-18)38(4,34)35)28-24(29-21)30-25-27-17(3)22(37-25)23(33)36-6-2/h7-10,15H,5-6,11-14,16H2,1-4H3,(H2,26,27,28,29,30). The van der Waals surface area contributed by atoms with Crippen LogP contribution in [-0.2, 0) is 21.1 Å². The quantitative estimate of drug-likeness (QED) is 0.355. The average Bonchev–Trinajstić information content (AvgIpc) is 3.27. The van der Waals surface area contributed by atoms with E-state index in [-0.39, 0.29) is 4.90 Å². The van der Waals surface area contributed by atoms with Gasteiger partial charge in [-0.1, -0.05) is 30.4 Å². The van der Waals surface area contributed by atoms with Gasteiger partial charge in [-0.05, 0) is 38.1 Å². The number of nitrogens with zero attached hydrogens (tertiary/aromatic N) is 5. The van der Waals surface area contributed by atoms with E-state index < -0.39 is 15.8 Å². The summed E-state index contributed by atoms with van der Waals surface area (Å²) in [5.41, 5.74) is 1.50. The minimum absolute atomic E-state index is 0.282. The molecule has 3 heterocycles. The zero-order valence-electron chi connectivity index (χ0n) is 22.0. The summed E-state index contributed by atoms with van der Waals surface area (Å²) in [4.78, 5) is 31.4. The van der Waals surface area contributed by atoms with E-state index in [9.17, 15) is 13.2 Å². The molecule has 0 radical (unpaired) electrons. The third-order valence-corrected chi connectivity index (χ3v) is 8.34. The van der Waals surface area contributed by atoms with Crippen LogP contribution in [-0.4, -0.2) is 79.8 Å². The van der Waals surface area contributed by atoms with Crippen molar-refractivity contribution in [1.82, 2.24) is 19.9 Å². The average molecular weight is 560 g/mol. The number of nitrogens with one attached hydrogen (secondary N) is 2. The Morgan fingerprint density at radius 3 is 2.42 bits per heavy atom. The highest BCUT2D eigenvalue weighted by Gasteiger charge is 2.20. The van der Waals surface area contributed by atoms with Crippen LogP contribution in [0.15, 0.2) is 35.2 Å². The maximum absolute atomic E-state index is 12.2. The molecule has 1 aromatic carbocycles. The Hall–Kier alpha value is -3.29. The van der Waals surface area contributed by atoms with E-state index in [0.717, 1.165) is 44.1 Å². The fourth-order valence-corrected chi connectivity index (χ4v) is 5.50. The SMILES string of the molecule is CCOC(=O)c1sc(Nc2nc(NCc3ccc(S(C)(=O)=O)cc3)cc(N3CCN(CC)CC3)n2)nc1C. The molecule has 2 N–H and O–H groups in total. The second-order valence-electron chi connectivity index (χ2n) is 8.90. The van der Waals surface area contributed by atoms with E-state index in [1.807, 2.05) is 6.07 Å². The Kier molecular flexibility index (Phi) is 8.80. The number of thiazole rings is 1. The molecule has 13 heteroatoms. The van der Waals surface area contributed by atoms with Gasteiger partial charge in [0, 0.05) is 45.0 Å². The molecule has 4 rings (SSSR count). The summed E-state index contributed by atoms with van der Waals surface area (Å²) in [6.07, 6.45) is 1.19. The number of benzene rings is 1. The minimum atomic E-state index is -3.25. The Morgan fingerprint density at radius 2 is 1.79 bits per heavy atom. The number of sulfone groups is 1. The molecular formula is C25H33N7O4S2. The van der Waals surface area contributed by atoms with E-state index in [2.05, 4.69) is 37.3 Å². The van der Waals surface area contributed by atoms with E-state index in [1.165, 1.54) is 17.6 Å². The summed E-state index contributed by atoms with van der Waals surface area (Å²) < 4.78 is 28.6. The minimum Gasteiger partial charge on any atom is -0.462 e. The summed E-state index contributed by atoms with van der Waals surface area (Å²) in [7, 11) is -3.25. The van der Waals surface area contributed by atoms with Crippen molar-refractivity contribution >= 4 is 49.9 Å². The second kappa shape index (κ2) is 12.0. The molecule has 0 spiro atoms. The van der Waals surface area contributed by atoms with Crippen LogP contribution in [0.5, 0.6) is 0 Å². The first-order valence-electron chi connectivity index (χ1n) is 12.5. The smallest absolute Gasteiger partial charge is 0.350 e. The lowest BCUT2D eigenvalue weighted by atomic mass is 10.2. The Labute approximate surface area is 227 Å². The van der Waals surface area contributed by atoms with Gasteiger partial charge in [0.1, 0.15) is 16.5 Å². The van der Waals surface area contributed by atoms with Crippen LogP contribution < -0.4 is 15.5 Å². The van der Waals surface area contributed by atoms with Crippen molar-refractivity contribution in [1.29, 1.82) is 0 Å². The molecule has 1 aliphatic heterocycles. The van der Waals surface area contributed by atoms with Gasteiger partial charge >= 0.3 is 5.97 Å². The molecule has 38 heavy (non-hydrogen) atoms. The van der Waals surface area contributed by atoms with Crippen molar-refractivity contribution in [3.05, 3.63) is 46.5 Å². The van der Waals surface area contributed by atoms with Gasteiger partial charge in [-0.3, -0.25) is 5.32 Å². The van der Waals surface area contributed by atoms with Gasteiger partial charge in [0.25, 0.3) is 0 Å². The molecule has 3 aromatic rings. The van der Waals surface area contributed by atoms with Crippen molar-refractivity contribution in [2.45, 2.75) is 32.2 Å². The molecule has 0 atom stereocenters. The highest BCUT2D eigenvalue weighted by Crippen LogP contribution is 2.27. The van der Waals surface area contributed by atoms with Gasteiger partial charge < -0.3 is 19.9 Å². The number of rotatable bonds is 10. The number of ether oxygens (including phenoxy) is 1. The second-order valence-corrected chi connectivity index (χ2v) is 11.9. The van der Waals surface area contributed by atoms with Gasteiger partial charge in [-0.15, -0.1) is 0 Å². The lowest BCUT2D eigenvalue weighted by Crippen LogP contribution is -2.46. The molecule has 0 unspecified atom stereocenters. The number of aryl methyl sites for hydroxylation is 1. The molecule has 0 saturated carbocycles. The molecule has 204 valence electrons. The molecule has 1 saturated heterocycles.